The summed E-state index contributed by atoms with van der Waals surface area (Å²) in [4.78, 5) is 13.0. The Bertz CT molecular complexity index is 995. The first-order valence-electron chi connectivity index (χ1n) is 9.74. The van der Waals surface area contributed by atoms with Gasteiger partial charge in [-0.3, -0.25) is 4.79 Å². The number of hydrogen-bond acceptors (Lipinski definition) is 4. The molecule has 0 bridgehead atoms. The van der Waals surface area contributed by atoms with Crippen LogP contribution in [0, 0.1) is 18.3 Å². The summed E-state index contributed by atoms with van der Waals surface area (Å²) in [6.45, 7) is 8.65. The van der Waals surface area contributed by atoms with Gasteiger partial charge in [0.15, 0.2) is 5.69 Å². The van der Waals surface area contributed by atoms with Crippen LogP contribution in [0.3, 0.4) is 0 Å². The fraction of sp³-hybridized carbons (Fsp3) is 0.409. The summed E-state index contributed by atoms with van der Waals surface area (Å²) in [6, 6.07) is 11.6. The molecule has 6 heteroatoms. The molecule has 4 rings (SSSR count). The minimum absolute atomic E-state index is 0.186. The van der Waals surface area contributed by atoms with Gasteiger partial charge >= 0.3 is 0 Å². The molecule has 28 heavy (non-hydrogen) atoms. The second kappa shape index (κ2) is 6.93. The molecule has 0 radical (unpaired) electrons. The molecule has 0 saturated heterocycles. The zero-order valence-electron chi connectivity index (χ0n) is 16.8. The number of nitrogens with zero attached hydrogens (tertiary/aromatic N) is 3. The van der Waals surface area contributed by atoms with E-state index in [2.05, 4.69) is 36.3 Å². The fourth-order valence-electron chi connectivity index (χ4n) is 3.85. The molecule has 2 heterocycles. The summed E-state index contributed by atoms with van der Waals surface area (Å²) in [5, 5.41) is 11.6. The van der Waals surface area contributed by atoms with E-state index >= 15 is 0 Å². The largest absolute Gasteiger partial charge is 0.360 e. The Morgan fingerprint density at radius 2 is 2.00 bits per heavy atom. The Morgan fingerprint density at radius 1 is 1.25 bits per heavy atom. The topological polar surface area (TPSA) is 73.0 Å². The average Bonchev–Trinajstić information content (AvgIpc) is 3.24. The van der Waals surface area contributed by atoms with Crippen LogP contribution in [0.5, 0.6) is 0 Å². The Balaban J connectivity index is 1.61. The minimum atomic E-state index is -0.253. The van der Waals surface area contributed by atoms with Crippen molar-refractivity contribution in [2.75, 3.05) is 5.32 Å². The Kier molecular flexibility index (Phi) is 4.57. The lowest BCUT2D eigenvalue weighted by molar-refractivity contribution is 0.101. The van der Waals surface area contributed by atoms with Crippen LogP contribution in [-0.2, 0) is 12.8 Å². The highest BCUT2D eigenvalue weighted by Crippen LogP contribution is 2.38. The number of fused-ring (bicyclic) bond motifs is 1. The van der Waals surface area contributed by atoms with E-state index in [4.69, 9.17) is 4.52 Å². The Labute approximate surface area is 164 Å². The number of benzene rings is 1. The summed E-state index contributed by atoms with van der Waals surface area (Å²) >= 11 is 0. The van der Waals surface area contributed by atoms with Gasteiger partial charge in [0.1, 0.15) is 11.6 Å². The van der Waals surface area contributed by atoms with E-state index in [0.717, 1.165) is 42.0 Å². The van der Waals surface area contributed by atoms with Gasteiger partial charge in [-0.05, 0) is 43.2 Å². The maximum atomic E-state index is 13.0. The number of nitrogens with one attached hydrogen (secondary N) is 1. The molecule has 1 atom stereocenters. The molecule has 1 aliphatic carbocycles. The van der Waals surface area contributed by atoms with Gasteiger partial charge in [0.2, 0.25) is 0 Å². The molecule has 0 fully saturated rings. The Hall–Kier alpha value is -2.89. The second-order valence-corrected chi connectivity index (χ2v) is 8.61. The summed E-state index contributed by atoms with van der Waals surface area (Å²) in [5.74, 6) is 1.71. The predicted molar refractivity (Wildman–Crippen MR) is 108 cm³/mol. The van der Waals surface area contributed by atoms with Crippen molar-refractivity contribution in [1.82, 2.24) is 14.9 Å². The van der Waals surface area contributed by atoms with Crippen molar-refractivity contribution >= 4 is 11.7 Å². The summed E-state index contributed by atoms with van der Waals surface area (Å²) in [6.07, 6.45) is 2.72. The molecule has 0 saturated carbocycles. The van der Waals surface area contributed by atoms with Crippen LogP contribution in [-0.4, -0.2) is 20.8 Å². The zero-order valence-corrected chi connectivity index (χ0v) is 16.8. The fourth-order valence-corrected chi connectivity index (χ4v) is 3.85. The molecule has 3 aromatic rings. The molecule has 1 amide bonds. The number of aryl methyl sites for hydroxylation is 2. The molecule has 0 spiro atoms. The highest BCUT2D eigenvalue weighted by molar-refractivity contribution is 6.03. The van der Waals surface area contributed by atoms with Crippen LogP contribution in [0.1, 0.15) is 54.7 Å². The third kappa shape index (κ3) is 3.46. The molecule has 6 nitrogen and oxygen atoms in total. The molecule has 146 valence electrons. The first-order valence-corrected chi connectivity index (χ1v) is 9.74. The summed E-state index contributed by atoms with van der Waals surface area (Å²) in [7, 11) is 0. The normalized spacial score (nSPS) is 16.6. The Morgan fingerprint density at radius 3 is 2.71 bits per heavy atom. The summed E-state index contributed by atoms with van der Waals surface area (Å²) < 4.78 is 7.23. The number of amides is 1. The van der Waals surface area contributed by atoms with Crippen molar-refractivity contribution in [2.24, 2.45) is 11.3 Å². The van der Waals surface area contributed by atoms with E-state index in [9.17, 15) is 4.79 Å². The molecular weight excluding hydrogens is 352 g/mol. The van der Waals surface area contributed by atoms with Crippen LogP contribution >= 0.6 is 0 Å². The maximum Gasteiger partial charge on any atom is 0.279 e. The highest BCUT2D eigenvalue weighted by Gasteiger charge is 2.34. The van der Waals surface area contributed by atoms with Gasteiger partial charge in [-0.15, -0.1) is 0 Å². The van der Waals surface area contributed by atoms with E-state index in [1.165, 1.54) is 0 Å². The van der Waals surface area contributed by atoms with Gasteiger partial charge in [0.05, 0.1) is 11.4 Å². The number of hydrogen-bond donors (Lipinski definition) is 1. The lowest BCUT2D eigenvalue weighted by atomic mass is 9.71. The van der Waals surface area contributed by atoms with Crippen LogP contribution in [0.15, 0.2) is 40.9 Å². The van der Waals surface area contributed by atoms with E-state index in [-0.39, 0.29) is 11.3 Å². The highest BCUT2D eigenvalue weighted by atomic mass is 16.5. The number of aromatic nitrogens is 3. The minimum Gasteiger partial charge on any atom is -0.360 e. The second-order valence-electron chi connectivity index (χ2n) is 8.61. The van der Waals surface area contributed by atoms with E-state index in [1.54, 1.807) is 4.68 Å². The first-order chi connectivity index (χ1) is 13.3. The van der Waals surface area contributed by atoms with Crippen LogP contribution < -0.4 is 5.32 Å². The van der Waals surface area contributed by atoms with Gasteiger partial charge in [-0.25, -0.2) is 4.68 Å². The summed E-state index contributed by atoms with van der Waals surface area (Å²) in [5.41, 5.74) is 3.25. The van der Waals surface area contributed by atoms with Crippen molar-refractivity contribution in [3.63, 3.8) is 0 Å². The van der Waals surface area contributed by atoms with Crippen LogP contribution in [0.2, 0.25) is 0 Å². The number of carbonyl (C=O) groups excluding carboxylic acids is 1. The molecule has 1 unspecified atom stereocenters. The number of carbonyl (C=O) groups is 1. The van der Waals surface area contributed by atoms with E-state index in [1.807, 2.05) is 43.3 Å². The quantitative estimate of drug-likeness (QED) is 0.724. The zero-order chi connectivity index (χ0) is 19.9. The van der Waals surface area contributed by atoms with Gasteiger partial charge < -0.3 is 9.84 Å². The van der Waals surface area contributed by atoms with Crippen molar-refractivity contribution in [3.05, 3.63) is 59.1 Å². The van der Waals surface area contributed by atoms with E-state index in [0.29, 0.717) is 17.4 Å². The van der Waals surface area contributed by atoms with Crippen molar-refractivity contribution in [1.29, 1.82) is 0 Å². The third-order valence-corrected chi connectivity index (χ3v) is 5.55. The number of para-hydroxylation sites is 1. The first kappa shape index (κ1) is 18.5. The van der Waals surface area contributed by atoms with Crippen molar-refractivity contribution in [3.8, 4) is 5.69 Å². The molecular formula is C22H26N4O2. The van der Waals surface area contributed by atoms with Gasteiger partial charge in [0, 0.05) is 18.1 Å². The standard InChI is InChI=1S/C22H26N4O2/c1-14-12-19(26(24-14)16-8-6-5-7-9-16)23-21(27)20-17-13-15(22(2,3)4)10-11-18(17)28-25-20/h5-9,12,15H,10-11,13H2,1-4H3,(H,23,27). The molecule has 2 aromatic heterocycles. The van der Waals surface area contributed by atoms with Gasteiger partial charge in [-0.2, -0.15) is 5.10 Å². The van der Waals surface area contributed by atoms with Gasteiger partial charge in [-0.1, -0.05) is 44.1 Å². The number of anilines is 1. The lowest BCUT2D eigenvalue weighted by Crippen LogP contribution is -2.28. The van der Waals surface area contributed by atoms with Crippen molar-refractivity contribution < 1.29 is 9.32 Å². The number of rotatable bonds is 3. The third-order valence-electron chi connectivity index (χ3n) is 5.55. The molecule has 1 aliphatic rings. The van der Waals surface area contributed by atoms with Crippen molar-refractivity contribution in [2.45, 2.75) is 47.0 Å². The molecule has 0 aliphatic heterocycles. The predicted octanol–water partition coefficient (Wildman–Crippen LogP) is 4.57. The average molecular weight is 378 g/mol. The lowest BCUT2D eigenvalue weighted by Gasteiger charge is -2.33. The van der Waals surface area contributed by atoms with Crippen LogP contribution in [0.4, 0.5) is 5.82 Å². The van der Waals surface area contributed by atoms with E-state index < -0.39 is 0 Å². The maximum absolute atomic E-state index is 13.0. The molecule has 1 aromatic carbocycles. The monoisotopic (exact) mass is 378 g/mol. The van der Waals surface area contributed by atoms with Gasteiger partial charge in [0.25, 0.3) is 5.91 Å². The SMILES string of the molecule is Cc1cc(NC(=O)c2noc3c2CC(C(C)(C)C)CC3)n(-c2ccccc2)n1. The van der Waals surface area contributed by atoms with Crippen LogP contribution in [0.25, 0.3) is 5.69 Å². The smallest absolute Gasteiger partial charge is 0.279 e. The molecule has 1 N–H and O–H groups in total.